The molecule has 0 amide bonds. The van der Waals surface area contributed by atoms with Crippen molar-refractivity contribution in [2.45, 2.75) is 37.9 Å². The minimum atomic E-state index is -0.742. The summed E-state index contributed by atoms with van der Waals surface area (Å²) < 4.78 is 0. The van der Waals surface area contributed by atoms with Gasteiger partial charge in [-0.3, -0.25) is 0 Å². The fourth-order valence-electron chi connectivity index (χ4n) is 3.23. The topological polar surface area (TPSA) is 43.7 Å². The van der Waals surface area contributed by atoms with E-state index in [4.69, 9.17) is 0 Å². The van der Waals surface area contributed by atoms with Gasteiger partial charge in [0.15, 0.2) is 0 Å². The van der Waals surface area contributed by atoms with Gasteiger partial charge in [-0.05, 0) is 38.1 Å². The summed E-state index contributed by atoms with van der Waals surface area (Å²) in [6.07, 6.45) is 4.16. The molecular weight excluding hydrogens is 238 g/mol. The molecule has 2 atom stereocenters. The molecule has 1 saturated carbocycles. The van der Waals surface area contributed by atoms with Gasteiger partial charge in [0.05, 0.1) is 12.2 Å². The maximum absolute atomic E-state index is 11.2. The van der Waals surface area contributed by atoms with Gasteiger partial charge in [-0.15, -0.1) is 0 Å². The second kappa shape index (κ2) is 6.04. The van der Waals surface area contributed by atoms with E-state index in [9.17, 15) is 10.2 Å². The van der Waals surface area contributed by atoms with Crippen LogP contribution in [0.1, 0.15) is 36.8 Å². The molecule has 0 radical (unpaired) electrons. The molecular formula is C16H25NO2. The van der Waals surface area contributed by atoms with Crippen LogP contribution in [0, 0.1) is 5.92 Å². The summed E-state index contributed by atoms with van der Waals surface area (Å²) in [5.41, 5.74) is 1.10. The Hall–Kier alpha value is -0.900. The van der Waals surface area contributed by atoms with Crippen molar-refractivity contribution >= 4 is 0 Å². The van der Waals surface area contributed by atoms with Crippen molar-refractivity contribution in [3.05, 3.63) is 35.4 Å². The molecule has 106 valence electrons. The van der Waals surface area contributed by atoms with Gasteiger partial charge in [0.25, 0.3) is 0 Å². The summed E-state index contributed by atoms with van der Waals surface area (Å²) in [5, 5.41) is 20.4. The summed E-state index contributed by atoms with van der Waals surface area (Å²) >= 11 is 0. The summed E-state index contributed by atoms with van der Waals surface area (Å²) in [7, 11) is 4.11. The third-order valence-corrected chi connectivity index (χ3v) is 4.23. The smallest absolute Gasteiger partial charge is 0.0936 e. The third kappa shape index (κ3) is 3.16. The van der Waals surface area contributed by atoms with E-state index in [0.717, 1.165) is 36.9 Å². The number of aliphatic hydroxyl groups is 2. The highest BCUT2D eigenvalue weighted by Crippen LogP contribution is 2.42. The van der Waals surface area contributed by atoms with E-state index < -0.39 is 5.60 Å². The highest BCUT2D eigenvalue weighted by atomic mass is 16.3. The lowest BCUT2D eigenvalue weighted by molar-refractivity contribution is -0.0619. The molecule has 3 nitrogen and oxygen atoms in total. The lowest BCUT2D eigenvalue weighted by Gasteiger charge is -2.42. The molecule has 1 aromatic rings. The van der Waals surface area contributed by atoms with Gasteiger partial charge in [0.1, 0.15) is 0 Å². The Labute approximate surface area is 115 Å². The number of nitrogens with zero attached hydrogens (tertiary/aromatic N) is 1. The Kier molecular flexibility index (Phi) is 4.61. The van der Waals surface area contributed by atoms with Gasteiger partial charge in [0, 0.05) is 12.5 Å². The van der Waals surface area contributed by atoms with Gasteiger partial charge in [-0.1, -0.05) is 37.1 Å². The van der Waals surface area contributed by atoms with Crippen LogP contribution in [0.5, 0.6) is 0 Å². The van der Waals surface area contributed by atoms with Crippen LogP contribution in [0.15, 0.2) is 24.3 Å². The highest BCUT2D eigenvalue weighted by molar-refractivity contribution is 5.29. The zero-order chi connectivity index (χ0) is 13.9. The molecule has 0 saturated heterocycles. The van der Waals surface area contributed by atoms with E-state index in [1.807, 2.05) is 24.3 Å². The Morgan fingerprint density at radius 3 is 2.79 bits per heavy atom. The van der Waals surface area contributed by atoms with Crippen LogP contribution < -0.4 is 0 Å². The van der Waals surface area contributed by atoms with Crippen molar-refractivity contribution in [2.75, 3.05) is 20.6 Å². The summed E-state index contributed by atoms with van der Waals surface area (Å²) in [4.78, 5) is 2.15. The molecule has 0 aliphatic heterocycles. The Bertz CT molecular complexity index is 419. The van der Waals surface area contributed by atoms with Gasteiger partial charge >= 0.3 is 0 Å². The van der Waals surface area contributed by atoms with Crippen molar-refractivity contribution in [1.29, 1.82) is 0 Å². The zero-order valence-corrected chi connectivity index (χ0v) is 12.0. The summed E-state index contributed by atoms with van der Waals surface area (Å²) in [6, 6.07) is 7.78. The van der Waals surface area contributed by atoms with Crippen LogP contribution >= 0.6 is 0 Å². The third-order valence-electron chi connectivity index (χ3n) is 4.23. The average molecular weight is 263 g/mol. The van der Waals surface area contributed by atoms with Crippen molar-refractivity contribution < 1.29 is 10.2 Å². The van der Waals surface area contributed by atoms with Crippen LogP contribution in [-0.2, 0) is 12.2 Å². The van der Waals surface area contributed by atoms with E-state index >= 15 is 0 Å². The monoisotopic (exact) mass is 263 g/mol. The van der Waals surface area contributed by atoms with E-state index in [2.05, 4.69) is 19.0 Å². The van der Waals surface area contributed by atoms with Crippen molar-refractivity contribution in [3.63, 3.8) is 0 Å². The Balaban J connectivity index is 2.30. The van der Waals surface area contributed by atoms with E-state index in [-0.39, 0.29) is 12.5 Å². The molecule has 3 heteroatoms. The van der Waals surface area contributed by atoms with Crippen LogP contribution in [-0.4, -0.2) is 35.8 Å². The van der Waals surface area contributed by atoms with E-state index in [0.29, 0.717) is 0 Å². The van der Waals surface area contributed by atoms with Crippen molar-refractivity contribution in [1.82, 2.24) is 4.90 Å². The molecule has 2 rings (SSSR count). The minimum Gasteiger partial charge on any atom is -0.392 e. The molecule has 0 aromatic heterocycles. The largest absolute Gasteiger partial charge is 0.392 e. The predicted octanol–water partition coefficient (Wildman–Crippen LogP) is 2.12. The van der Waals surface area contributed by atoms with Crippen LogP contribution in [0.25, 0.3) is 0 Å². The first-order valence-corrected chi connectivity index (χ1v) is 7.13. The summed E-state index contributed by atoms with van der Waals surface area (Å²) in [5.74, 6) is 0.269. The molecule has 1 aliphatic carbocycles. The lowest BCUT2D eigenvalue weighted by Crippen LogP contribution is -2.43. The predicted molar refractivity (Wildman–Crippen MR) is 76.8 cm³/mol. The number of hydrogen-bond acceptors (Lipinski definition) is 3. The quantitative estimate of drug-likeness (QED) is 0.874. The first-order chi connectivity index (χ1) is 9.06. The number of rotatable bonds is 4. The van der Waals surface area contributed by atoms with E-state index in [1.54, 1.807) is 0 Å². The standard InChI is InChI=1S/C16H25NO2/c1-17(2)11-15-7-3-4-9-16(15,19)14-8-5-6-13(10-14)12-18/h5-6,8,10,15,18-19H,3-4,7,9,11-12H2,1-2H3/t15-,16+/m0/s1. The zero-order valence-electron chi connectivity index (χ0n) is 12.0. The summed E-state index contributed by atoms with van der Waals surface area (Å²) in [6.45, 7) is 0.933. The molecule has 1 aliphatic rings. The molecule has 19 heavy (non-hydrogen) atoms. The number of aliphatic hydroxyl groups excluding tert-OH is 1. The minimum absolute atomic E-state index is 0.0300. The van der Waals surface area contributed by atoms with Crippen LogP contribution in [0.3, 0.4) is 0 Å². The molecule has 0 spiro atoms. The molecule has 0 unspecified atom stereocenters. The number of hydrogen-bond donors (Lipinski definition) is 2. The molecule has 2 N–H and O–H groups in total. The van der Waals surface area contributed by atoms with Gasteiger partial charge in [0.2, 0.25) is 0 Å². The van der Waals surface area contributed by atoms with Gasteiger partial charge < -0.3 is 15.1 Å². The maximum Gasteiger partial charge on any atom is 0.0936 e. The van der Waals surface area contributed by atoms with E-state index in [1.165, 1.54) is 6.42 Å². The first-order valence-electron chi connectivity index (χ1n) is 7.13. The van der Waals surface area contributed by atoms with Gasteiger partial charge in [-0.25, -0.2) is 0 Å². The second-order valence-electron chi connectivity index (χ2n) is 5.99. The Morgan fingerprint density at radius 1 is 1.32 bits per heavy atom. The average Bonchev–Trinajstić information content (AvgIpc) is 2.41. The fraction of sp³-hybridized carbons (Fsp3) is 0.625. The molecule has 1 aromatic carbocycles. The van der Waals surface area contributed by atoms with Crippen LogP contribution in [0.2, 0.25) is 0 Å². The number of benzene rings is 1. The highest BCUT2D eigenvalue weighted by Gasteiger charge is 2.40. The second-order valence-corrected chi connectivity index (χ2v) is 5.99. The van der Waals surface area contributed by atoms with Crippen molar-refractivity contribution in [3.8, 4) is 0 Å². The molecule has 0 heterocycles. The normalized spacial score (nSPS) is 27.7. The molecule has 0 bridgehead atoms. The first kappa shape index (κ1) is 14.5. The van der Waals surface area contributed by atoms with Crippen molar-refractivity contribution in [2.24, 2.45) is 5.92 Å². The SMILES string of the molecule is CN(C)C[C@@H]1CCCC[C@@]1(O)c1cccc(CO)c1. The fourth-order valence-corrected chi connectivity index (χ4v) is 3.23. The Morgan fingerprint density at radius 2 is 2.11 bits per heavy atom. The van der Waals surface area contributed by atoms with Gasteiger partial charge in [-0.2, -0.15) is 0 Å². The maximum atomic E-state index is 11.2. The lowest BCUT2D eigenvalue weighted by atomic mass is 9.71. The molecule has 1 fully saturated rings. The van der Waals surface area contributed by atoms with Crippen LogP contribution in [0.4, 0.5) is 0 Å².